The van der Waals surface area contributed by atoms with Gasteiger partial charge in [-0.25, -0.2) is 4.98 Å². The van der Waals surface area contributed by atoms with Gasteiger partial charge in [0.2, 0.25) is 11.8 Å². The summed E-state index contributed by atoms with van der Waals surface area (Å²) in [5.41, 5.74) is 7.08. The minimum Gasteiger partial charge on any atom is -0.346 e. The first kappa shape index (κ1) is 17.1. The molecular formula is C16H20N4O2S. The number of aromatic nitrogens is 1. The van der Waals surface area contributed by atoms with Gasteiger partial charge in [-0.2, -0.15) is 0 Å². The van der Waals surface area contributed by atoms with Crippen LogP contribution in [0.1, 0.15) is 24.6 Å². The average molecular weight is 332 g/mol. The Morgan fingerprint density at radius 1 is 1.22 bits per heavy atom. The second-order valence-electron chi connectivity index (χ2n) is 5.28. The Bertz CT molecular complexity index is 683. The monoisotopic (exact) mass is 332 g/mol. The number of benzene rings is 1. The van der Waals surface area contributed by atoms with Crippen molar-refractivity contribution in [2.75, 3.05) is 18.4 Å². The van der Waals surface area contributed by atoms with Crippen LogP contribution in [0.2, 0.25) is 0 Å². The highest BCUT2D eigenvalue weighted by Gasteiger charge is 2.17. The molecular weight excluding hydrogens is 312 g/mol. The summed E-state index contributed by atoms with van der Waals surface area (Å²) in [6, 6.07) is 9.86. The van der Waals surface area contributed by atoms with Gasteiger partial charge < -0.3 is 16.4 Å². The van der Waals surface area contributed by atoms with Gasteiger partial charge in [0, 0.05) is 10.4 Å². The Labute approximate surface area is 139 Å². The first-order valence-electron chi connectivity index (χ1n) is 7.34. The van der Waals surface area contributed by atoms with Crippen molar-refractivity contribution in [1.29, 1.82) is 0 Å². The van der Waals surface area contributed by atoms with Crippen molar-refractivity contribution in [3.05, 3.63) is 35.2 Å². The number of nitrogens with zero attached hydrogens (tertiary/aromatic N) is 1. The molecule has 2 aromatic rings. The van der Waals surface area contributed by atoms with E-state index >= 15 is 0 Å². The van der Waals surface area contributed by atoms with E-state index < -0.39 is 0 Å². The summed E-state index contributed by atoms with van der Waals surface area (Å²) in [4.78, 5) is 28.6. The van der Waals surface area contributed by atoms with E-state index in [1.807, 2.05) is 30.3 Å². The lowest BCUT2D eigenvalue weighted by Gasteiger charge is -2.04. The first-order valence-corrected chi connectivity index (χ1v) is 8.15. The van der Waals surface area contributed by atoms with Crippen molar-refractivity contribution in [3.63, 3.8) is 0 Å². The molecule has 122 valence electrons. The molecule has 2 amide bonds. The van der Waals surface area contributed by atoms with E-state index in [4.69, 9.17) is 5.73 Å². The Balaban J connectivity index is 2.15. The number of carbonyl (C=O) groups is 2. The predicted molar refractivity (Wildman–Crippen MR) is 92.3 cm³/mol. The highest BCUT2D eigenvalue weighted by atomic mass is 32.1. The van der Waals surface area contributed by atoms with E-state index in [1.165, 1.54) is 11.3 Å². The fraction of sp³-hybridized carbons (Fsp3) is 0.312. The lowest BCUT2D eigenvalue weighted by atomic mass is 10.1. The van der Waals surface area contributed by atoms with E-state index in [9.17, 15) is 9.59 Å². The van der Waals surface area contributed by atoms with Crippen LogP contribution in [0, 0.1) is 0 Å². The lowest BCUT2D eigenvalue weighted by molar-refractivity contribution is -0.123. The molecule has 6 nitrogen and oxygen atoms in total. The summed E-state index contributed by atoms with van der Waals surface area (Å²) >= 11 is 1.45. The minimum absolute atomic E-state index is 0.118. The van der Waals surface area contributed by atoms with Gasteiger partial charge in [0.15, 0.2) is 5.13 Å². The third-order valence-corrected chi connectivity index (χ3v) is 4.37. The minimum atomic E-state index is -0.368. The molecule has 0 saturated heterocycles. The van der Waals surface area contributed by atoms with Crippen LogP contribution in [-0.4, -0.2) is 29.9 Å². The predicted octanol–water partition coefficient (Wildman–Crippen LogP) is 1.95. The van der Waals surface area contributed by atoms with Gasteiger partial charge in [-0.05, 0) is 5.92 Å². The number of nitrogens with one attached hydrogen (secondary N) is 2. The maximum atomic E-state index is 11.9. The number of nitrogens with two attached hydrogens (primary N) is 1. The zero-order chi connectivity index (χ0) is 16.8. The van der Waals surface area contributed by atoms with Gasteiger partial charge in [0.05, 0.1) is 18.8 Å². The quantitative estimate of drug-likeness (QED) is 0.753. The second-order valence-corrected chi connectivity index (χ2v) is 6.31. The van der Waals surface area contributed by atoms with Crippen molar-refractivity contribution < 1.29 is 9.59 Å². The van der Waals surface area contributed by atoms with Crippen LogP contribution in [0.5, 0.6) is 0 Å². The highest BCUT2D eigenvalue weighted by Crippen LogP contribution is 2.35. The molecule has 4 N–H and O–H groups in total. The molecule has 0 saturated carbocycles. The van der Waals surface area contributed by atoms with Gasteiger partial charge >= 0.3 is 0 Å². The fourth-order valence-electron chi connectivity index (χ4n) is 1.99. The molecule has 7 heteroatoms. The highest BCUT2D eigenvalue weighted by molar-refractivity contribution is 7.16. The normalized spacial score (nSPS) is 10.6. The van der Waals surface area contributed by atoms with Crippen molar-refractivity contribution in [1.82, 2.24) is 10.3 Å². The lowest BCUT2D eigenvalue weighted by Crippen LogP contribution is -2.36. The van der Waals surface area contributed by atoms with Crippen LogP contribution in [0.15, 0.2) is 30.3 Å². The fourth-order valence-corrected chi connectivity index (χ4v) is 3.00. The Morgan fingerprint density at radius 2 is 1.91 bits per heavy atom. The molecule has 0 aliphatic heterocycles. The Kier molecular flexibility index (Phi) is 5.84. The zero-order valence-electron chi connectivity index (χ0n) is 13.1. The molecule has 0 aliphatic rings. The molecule has 0 radical (unpaired) electrons. The molecule has 1 aromatic carbocycles. The summed E-state index contributed by atoms with van der Waals surface area (Å²) in [7, 11) is 0. The molecule has 1 aromatic heterocycles. The van der Waals surface area contributed by atoms with Crippen molar-refractivity contribution >= 4 is 28.3 Å². The summed E-state index contributed by atoms with van der Waals surface area (Å²) in [6.07, 6.45) is 0. The van der Waals surface area contributed by atoms with Gasteiger partial charge in [-0.15, -0.1) is 11.3 Å². The van der Waals surface area contributed by atoms with Gasteiger partial charge in [-0.1, -0.05) is 44.2 Å². The largest absolute Gasteiger partial charge is 0.346 e. The molecule has 0 aliphatic carbocycles. The SMILES string of the molecule is CC(C)c1sc(NC(=O)CNC(=O)CN)nc1-c1ccccc1. The van der Waals surface area contributed by atoms with Crippen LogP contribution < -0.4 is 16.4 Å². The molecule has 0 unspecified atom stereocenters. The Morgan fingerprint density at radius 3 is 2.52 bits per heavy atom. The third kappa shape index (κ3) is 4.61. The molecule has 2 rings (SSSR count). The number of carbonyl (C=O) groups excluding carboxylic acids is 2. The molecule has 23 heavy (non-hydrogen) atoms. The molecule has 0 bridgehead atoms. The average Bonchev–Trinajstić information content (AvgIpc) is 2.97. The van der Waals surface area contributed by atoms with Crippen LogP contribution in [0.25, 0.3) is 11.3 Å². The van der Waals surface area contributed by atoms with Crippen molar-refractivity contribution in [2.24, 2.45) is 5.73 Å². The second kappa shape index (κ2) is 7.85. The van der Waals surface area contributed by atoms with Crippen LogP contribution >= 0.6 is 11.3 Å². The number of anilines is 1. The zero-order valence-corrected chi connectivity index (χ0v) is 13.9. The molecule has 1 heterocycles. The summed E-state index contributed by atoms with van der Waals surface area (Å²) in [6.45, 7) is 3.92. The van der Waals surface area contributed by atoms with Gasteiger partial charge in [0.25, 0.3) is 0 Å². The molecule has 0 spiro atoms. The number of rotatable bonds is 6. The van der Waals surface area contributed by atoms with E-state index in [0.29, 0.717) is 11.0 Å². The standard InChI is InChI=1S/C16H20N4O2S/c1-10(2)15-14(11-6-4-3-5-7-11)20-16(23-15)19-13(22)9-18-12(21)8-17/h3-7,10H,8-9,17H2,1-2H3,(H,18,21)(H,19,20,22). The molecule has 0 atom stereocenters. The number of thiazole rings is 1. The molecule has 0 fully saturated rings. The number of hydrogen-bond acceptors (Lipinski definition) is 5. The van der Waals surface area contributed by atoms with Crippen LogP contribution in [0.3, 0.4) is 0 Å². The van der Waals surface area contributed by atoms with Crippen molar-refractivity contribution in [3.8, 4) is 11.3 Å². The van der Waals surface area contributed by atoms with E-state index in [-0.39, 0.29) is 24.9 Å². The number of hydrogen-bond donors (Lipinski definition) is 3. The maximum absolute atomic E-state index is 11.9. The van der Waals surface area contributed by atoms with Crippen LogP contribution in [0.4, 0.5) is 5.13 Å². The summed E-state index contributed by atoms with van der Waals surface area (Å²) in [5.74, 6) is -0.395. The van der Waals surface area contributed by atoms with E-state index in [1.54, 1.807) is 0 Å². The van der Waals surface area contributed by atoms with Gasteiger partial charge in [0.1, 0.15) is 0 Å². The van der Waals surface area contributed by atoms with Crippen LogP contribution in [-0.2, 0) is 9.59 Å². The van der Waals surface area contributed by atoms with E-state index in [0.717, 1.165) is 16.1 Å². The topological polar surface area (TPSA) is 97.1 Å². The Hall–Kier alpha value is -2.25. The summed E-state index contributed by atoms with van der Waals surface area (Å²) < 4.78 is 0. The van der Waals surface area contributed by atoms with Crippen molar-refractivity contribution in [2.45, 2.75) is 19.8 Å². The third-order valence-electron chi connectivity index (χ3n) is 3.10. The smallest absolute Gasteiger partial charge is 0.245 e. The maximum Gasteiger partial charge on any atom is 0.245 e. The number of amides is 2. The first-order chi connectivity index (χ1) is 11.0. The van der Waals surface area contributed by atoms with Gasteiger partial charge in [-0.3, -0.25) is 9.59 Å². The van der Waals surface area contributed by atoms with E-state index in [2.05, 4.69) is 29.5 Å². The summed E-state index contributed by atoms with van der Waals surface area (Å²) in [5, 5.41) is 5.68.